The lowest BCUT2D eigenvalue weighted by Gasteiger charge is -2.28. The Morgan fingerprint density at radius 2 is 1.87 bits per heavy atom. The standard InChI is InChI=1S/C22H15ClN2O4S/c1-2-12-3-8-18-16(9-12)19(26)13(11-29-18)10-17-20(27)24-22(30)25(21(17)28)15-6-4-14(23)5-7-15/h3-11H,2H2,1H3,(H,24,27,30)/b17-10-. The molecule has 1 aliphatic heterocycles. The summed E-state index contributed by atoms with van der Waals surface area (Å²) in [7, 11) is 0. The van der Waals surface area contributed by atoms with E-state index in [9.17, 15) is 14.4 Å². The van der Waals surface area contributed by atoms with Crippen LogP contribution in [0.25, 0.3) is 17.0 Å². The zero-order chi connectivity index (χ0) is 21.4. The lowest BCUT2D eigenvalue weighted by Crippen LogP contribution is -2.54. The van der Waals surface area contributed by atoms with Gasteiger partial charge in [-0.3, -0.25) is 24.6 Å². The molecule has 0 saturated carbocycles. The number of carbonyl (C=O) groups excluding carboxylic acids is 2. The van der Waals surface area contributed by atoms with Gasteiger partial charge in [-0.2, -0.15) is 0 Å². The summed E-state index contributed by atoms with van der Waals surface area (Å²) in [6, 6.07) is 11.8. The second kappa shape index (κ2) is 7.85. The number of thiocarbonyl (C=S) groups is 1. The minimum atomic E-state index is -0.683. The Morgan fingerprint density at radius 1 is 1.13 bits per heavy atom. The summed E-state index contributed by atoms with van der Waals surface area (Å²) < 4.78 is 5.54. The topological polar surface area (TPSA) is 79.6 Å². The van der Waals surface area contributed by atoms with E-state index in [1.165, 1.54) is 17.2 Å². The number of carbonyl (C=O) groups is 2. The SMILES string of the molecule is CCc1ccc2occ(/C=C3/C(=O)NC(=S)N(c4ccc(Cl)cc4)C3=O)c(=O)c2c1. The molecule has 8 heteroatoms. The zero-order valence-electron chi connectivity index (χ0n) is 15.8. The van der Waals surface area contributed by atoms with Crippen LogP contribution in [0.3, 0.4) is 0 Å². The van der Waals surface area contributed by atoms with Crippen LogP contribution < -0.4 is 15.6 Å². The van der Waals surface area contributed by atoms with E-state index in [1.54, 1.807) is 36.4 Å². The number of aryl methyl sites for hydroxylation is 1. The Morgan fingerprint density at radius 3 is 2.57 bits per heavy atom. The fourth-order valence-corrected chi connectivity index (χ4v) is 3.56. The van der Waals surface area contributed by atoms with Gasteiger partial charge in [-0.05, 0) is 66.7 Å². The number of rotatable bonds is 3. The van der Waals surface area contributed by atoms with E-state index in [2.05, 4.69) is 5.32 Å². The number of anilines is 1. The maximum atomic E-state index is 13.1. The summed E-state index contributed by atoms with van der Waals surface area (Å²) in [5.74, 6) is -1.33. The molecule has 1 aromatic heterocycles. The zero-order valence-corrected chi connectivity index (χ0v) is 17.3. The minimum Gasteiger partial charge on any atom is -0.463 e. The van der Waals surface area contributed by atoms with Crippen LogP contribution in [0, 0.1) is 0 Å². The Labute approximate surface area is 181 Å². The monoisotopic (exact) mass is 438 g/mol. The third-order valence-corrected chi connectivity index (χ3v) is 5.29. The fourth-order valence-electron chi connectivity index (χ4n) is 3.15. The summed E-state index contributed by atoms with van der Waals surface area (Å²) in [4.78, 5) is 39.6. The fraction of sp³-hybridized carbons (Fsp3) is 0.0909. The van der Waals surface area contributed by atoms with Gasteiger partial charge in [0, 0.05) is 5.02 Å². The second-order valence-electron chi connectivity index (χ2n) is 6.64. The first-order valence-corrected chi connectivity index (χ1v) is 9.89. The predicted molar refractivity (Wildman–Crippen MR) is 120 cm³/mol. The van der Waals surface area contributed by atoms with Gasteiger partial charge in [0.2, 0.25) is 0 Å². The molecule has 1 N–H and O–H groups in total. The van der Waals surface area contributed by atoms with Gasteiger partial charge in [-0.15, -0.1) is 0 Å². The van der Waals surface area contributed by atoms with Gasteiger partial charge in [0.1, 0.15) is 17.4 Å². The molecule has 2 aromatic carbocycles. The molecule has 30 heavy (non-hydrogen) atoms. The Kier molecular flexibility index (Phi) is 5.24. The highest BCUT2D eigenvalue weighted by Crippen LogP contribution is 2.24. The highest BCUT2D eigenvalue weighted by Gasteiger charge is 2.34. The lowest BCUT2D eigenvalue weighted by atomic mass is 10.0. The number of hydrogen-bond acceptors (Lipinski definition) is 5. The Balaban J connectivity index is 1.80. The quantitative estimate of drug-likeness (QED) is 0.382. The minimum absolute atomic E-state index is 0.0531. The molecule has 0 spiro atoms. The van der Waals surface area contributed by atoms with Gasteiger partial charge in [0.15, 0.2) is 10.5 Å². The maximum absolute atomic E-state index is 13.1. The third kappa shape index (κ3) is 3.53. The molecule has 4 rings (SSSR count). The van der Waals surface area contributed by atoms with Gasteiger partial charge in [0.05, 0.1) is 16.6 Å². The summed E-state index contributed by atoms with van der Waals surface area (Å²) in [6.45, 7) is 1.98. The predicted octanol–water partition coefficient (Wildman–Crippen LogP) is 3.84. The lowest BCUT2D eigenvalue weighted by molar-refractivity contribution is -0.122. The molecule has 1 fully saturated rings. The van der Waals surface area contributed by atoms with Crippen molar-refractivity contribution in [2.24, 2.45) is 0 Å². The summed E-state index contributed by atoms with van der Waals surface area (Å²) in [5.41, 5.74) is 1.40. The highest BCUT2D eigenvalue weighted by atomic mass is 35.5. The van der Waals surface area contributed by atoms with Gasteiger partial charge < -0.3 is 4.42 Å². The van der Waals surface area contributed by atoms with Crippen molar-refractivity contribution in [2.75, 3.05) is 4.90 Å². The molecule has 2 heterocycles. The molecule has 1 aliphatic rings. The van der Waals surface area contributed by atoms with Crippen molar-refractivity contribution in [2.45, 2.75) is 13.3 Å². The number of hydrogen-bond donors (Lipinski definition) is 1. The Bertz CT molecular complexity index is 1290. The molecule has 150 valence electrons. The van der Waals surface area contributed by atoms with Crippen LogP contribution in [-0.4, -0.2) is 16.9 Å². The first-order chi connectivity index (χ1) is 14.4. The van der Waals surface area contributed by atoms with Crippen LogP contribution in [0.4, 0.5) is 5.69 Å². The van der Waals surface area contributed by atoms with Crippen molar-refractivity contribution < 1.29 is 14.0 Å². The third-order valence-electron chi connectivity index (χ3n) is 4.76. The number of fused-ring (bicyclic) bond motifs is 1. The van der Waals surface area contributed by atoms with Crippen molar-refractivity contribution >= 4 is 63.5 Å². The van der Waals surface area contributed by atoms with Crippen LogP contribution in [-0.2, 0) is 16.0 Å². The van der Waals surface area contributed by atoms with E-state index in [-0.39, 0.29) is 21.7 Å². The van der Waals surface area contributed by atoms with E-state index in [0.29, 0.717) is 21.7 Å². The Hall–Kier alpha value is -3.29. The average molecular weight is 439 g/mol. The van der Waals surface area contributed by atoms with Crippen LogP contribution in [0.5, 0.6) is 0 Å². The van der Waals surface area contributed by atoms with E-state index in [0.717, 1.165) is 12.0 Å². The number of amides is 2. The van der Waals surface area contributed by atoms with Crippen molar-refractivity contribution in [3.8, 4) is 0 Å². The van der Waals surface area contributed by atoms with E-state index >= 15 is 0 Å². The number of benzene rings is 2. The van der Waals surface area contributed by atoms with Crippen molar-refractivity contribution in [1.82, 2.24) is 5.32 Å². The molecule has 0 bridgehead atoms. The largest absolute Gasteiger partial charge is 0.463 e. The molecular formula is C22H15ClN2O4S. The normalized spacial score (nSPS) is 15.7. The maximum Gasteiger partial charge on any atom is 0.270 e. The average Bonchev–Trinajstić information content (AvgIpc) is 2.73. The van der Waals surface area contributed by atoms with E-state index in [4.69, 9.17) is 28.2 Å². The second-order valence-corrected chi connectivity index (χ2v) is 7.46. The van der Waals surface area contributed by atoms with Crippen molar-refractivity contribution in [1.29, 1.82) is 0 Å². The highest BCUT2D eigenvalue weighted by molar-refractivity contribution is 7.80. The van der Waals surface area contributed by atoms with Crippen LogP contribution in [0.15, 0.2) is 63.5 Å². The molecular weight excluding hydrogens is 424 g/mol. The molecule has 1 saturated heterocycles. The van der Waals surface area contributed by atoms with Crippen molar-refractivity contribution in [3.63, 3.8) is 0 Å². The van der Waals surface area contributed by atoms with Crippen LogP contribution in [0.2, 0.25) is 5.02 Å². The van der Waals surface area contributed by atoms with Crippen molar-refractivity contribution in [3.05, 3.63) is 80.7 Å². The van der Waals surface area contributed by atoms with Crippen LogP contribution >= 0.6 is 23.8 Å². The first-order valence-electron chi connectivity index (χ1n) is 9.10. The molecule has 2 amide bonds. The molecule has 0 atom stereocenters. The number of nitrogens with zero attached hydrogens (tertiary/aromatic N) is 1. The van der Waals surface area contributed by atoms with Gasteiger partial charge in [0.25, 0.3) is 11.8 Å². The molecule has 6 nitrogen and oxygen atoms in total. The molecule has 0 aliphatic carbocycles. The number of nitrogens with one attached hydrogen (secondary N) is 1. The molecule has 0 unspecified atom stereocenters. The smallest absolute Gasteiger partial charge is 0.270 e. The van der Waals surface area contributed by atoms with Gasteiger partial charge in [-0.1, -0.05) is 24.6 Å². The van der Waals surface area contributed by atoms with E-state index in [1.807, 2.05) is 13.0 Å². The van der Waals surface area contributed by atoms with Gasteiger partial charge in [-0.25, -0.2) is 0 Å². The summed E-state index contributed by atoms with van der Waals surface area (Å²) in [6.07, 6.45) is 3.23. The van der Waals surface area contributed by atoms with Gasteiger partial charge >= 0.3 is 0 Å². The summed E-state index contributed by atoms with van der Waals surface area (Å²) >= 11 is 11.1. The van der Waals surface area contributed by atoms with Crippen LogP contribution in [0.1, 0.15) is 18.1 Å². The van der Waals surface area contributed by atoms with E-state index < -0.39 is 11.8 Å². The molecule has 0 radical (unpaired) electrons. The first kappa shape index (κ1) is 20.0. The number of halogens is 1. The summed E-state index contributed by atoms with van der Waals surface area (Å²) in [5, 5.41) is 3.31. The molecule has 3 aromatic rings.